The van der Waals surface area contributed by atoms with Gasteiger partial charge in [-0.2, -0.15) is 0 Å². The standard InChI is InChI=1S/C6H2Cl2F2N2O4S/c7-2-1-11-3(6(9)10)5(17(8,15)16)4(2)12(13)14/h1,6H. The quantitative estimate of drug-likeness (QED) is 0.486. The van der Waals surface area contributed by atoms with Gasteiger partial charge in [-0.1, -0.05) is 11.6 Å². The van der Waals surface area contributed by atoms with Crippen LogP contribution in [-0.2, 0) is 9.05 Å². The van der Waals surface area contributed by atoms with Crippen LogP contribution < -0.4 is 0 Å². The van der Waals surface area contributed by atoms with Crippen molar-refractivity contribution in [2.24, 2.45) is 0 Å². The monoisotopic (exact) mass is 306 g/mol. The minimum atomic E-state index is -4.77. The molecule has 0 unspecified atom stereocenters. The molecule has 1 heterocycles. The zero-order valence-electron chi connectivity index (χ0n) is 7.60. The third kappa shape index (κ3) is 2.79. The Labute approximate surface area is 103 Å². The molecule has 0 N–H and O–H groups in total. The van der Waals surface area contributed by atoms with Gasteiger partial charge in [0, 0.05) is 10.7 Å². The summed E-state index contributed by atoms with van der Waals surface area (Å²) < 4.78 is 47.1. The summed E-state index contributed by atoms with van der Waals surface area (Å²) in [5, 5.41) is 9.89. The second-order valence-corrected chi connectivity index (χ2v) is 5.57. The summed E-state index contributed by atoms with van der Waals surface area (Å²) in [6.45, 7) is 0. The van der Waals surface area contributed by atoms with Gasteiger partial charge < -0.3 is 0 Å². The van der Waals surface area contributed by atoms with Gasteiger partial charge in [0.05, 0.1) is 11.1 Å². The lowest BCUT2D eigenvalue weighted by atomic mass is 10.3. The van der Waals surface area contributed by atoms with Crippen LogP contribution in [0.2, 0.25) is 5.02 Å². The van der Waals surface area contributed by atoms with Gasteiger partial charge in [0.1, 0.15) is 10.7 Å². The normalized spacial score (nSPS) is 11.8. The Kier molecular flexibility index (Phi) is 3.84. The van der Waals surface area contributed by atoms with Gasteiger partial charge in [-0.15, -0.1) is 0 Å². The van der Waals surface area contributed by atoms with Crippen molar-refractivity contribution < 1.29 is 22.1 Å². The van der Waals surface area contributed by atoms with Crippen molar-refractivity contribution in [2.45, 2.75) is 11.3 Å². The second-order valence-electron chi connectivity index (χ2n) is 2.66. The fourth-order valence-corrected chi connectivity index (χ4v) is 2.57. The number of hydrogen-bond donors (Lipinski definition) is 0. The molecule has 0 amide bonds. The van der Waals surface area contributed by atoms with E-state index in [4.69, 9.17) is 22.3 Å². The molecule has 1 aromatic rings. The van der Waals surface area contributed by atoms with E-state index in [1.165, 1.54) is 0 Å². The van der Waals surface area contributed by atoms with Gasteiger partial charge in [-0.3, -0.25) is 15.1 Å². The molecule has 1 aromatic heterocycles. The van der Waals surface area contributed by atoms with E-state index >= 15 is 0 Å². The molecule has 17 heavy (non-hydrogen) atoms. The number of nitrogens with zero attached hydrogens (tertiary/aromatic N) is 2. The van der Waals surface area contributed by atoms with Crippen LogP contribution in [0.25, 0.3) is 0 Å². The van der Waals surface area contributed by atoms with Crippen molar-refractivity contribution in [3.63, 3.8) is 0 Å². The highest BCUT2D eigenvalue weighted by atomic mass is 35.7. The van der Waals surface area contributed by atoms with E-state index in [-0.39, 0.29) is 0 Å². The lowest BCUT2D eigenvalue weighted by Gasteiger charge is -2.06. The fourth-order valence-electron chi connectivity index (χ4n) is 1.04. The molecule has 0 aliphatic heterocycles. The molecule has 0 atom stereocenters. The van der Waals surface area contributed by atoms with E-state index in [9.17, 15) is 27.3 Å². The molecule has 0 saturated heterocycles. The topological polar surface area (TPSA) is 90.2 Å². The van der Waals surface area contributed by atoms with Gasteiger partial charge in [0.2, 0.25) is 0 Å². The molecule has 0 aliphatic rings. The maximum Gasteiger partial charge on any atom is 0.311 e. The van der Waals surface area contributed by atoms with Crippen LogP contribution in [-0.4, -0.2) is 18.3 Å². The number of pyridine rings is 1. The molecule has 6 nitrogen and oxygen atoms in total. The molecule has 94 valence electrons. The highest BCUT2D eigenvalue weighted by Crippen LogP contribution is 2.38. The van der Waals surface area contributed by atoms with Crippen LogP contribution in [0, 0.1) is 10.1 Å². The predicted molar refractivity (Wildman–Crippen MR) is 53.9 cm³/mol. The van der Waals surface area contributed by atoms with Gasteiger partial charge in [0.25, 0.3) is 15.5 Å². The molecule has 0 bridgehead atoms. The van der Waals surface area contributed by atoms with Gasteiger partial charge in [-0.05, 0) is 0 Å². The number of aromatic nitrogens is 1. The van der Waals surface area contributed by atoms with Crippen molar-refractivity contribution in [2.75, 3.05) is 0 Å². The summed E-state index contributed by atoms with van der Waals surface area (Å²) in [4.78, 5) is 11.0. The Morgan fingerprint density at radius 1 is 1.47 bits per heavy atom. The SMILES string of the molecule is O=[N+]([O-])c1c(Cl)cnc(C(F)F)c1S(=O)(=O)Cl. The lowest BCUT2D eigenvalue weighted by molar-refractivity contribution is -0.387. The second kappa shape index (κ2) is 4.67. The summed E-state index contributed by atoms with van der Waals surface area (Å²) in [6.07, 6.45) is -2.78. The number of rotatable bonds is 3. The van der Waals surface area contributed by atoms with Crippen LogP contribution in [0.15, 0.2) is 11.1 Å². The molecular formula is C6H2Cl2F2N2O4S. The number of hydrogen-bond acceptors (Lipinski definition) is 5. The molecular weight excluding hydrogens is 305 g/mol. The summed E-state index contributed by atoms with van der Waals surface area (Å²) in [5.41, 5.74) is -2.52. The largest absolute Gasteiger partial charge is 0.311 e. The molecule has 1 rings (SSSR count). The minimum absolute atomic E-state index is 0.562. The van der Waals surface area contributed by atoms with E-state index in [1.807, 2.05) is 0 Å². The van der Waals surface area contributed by atoms with Gasteiger partial charge >= 0.3 is 5.69 Å². The number of halogens is 4. The Balaban J connectivity index is 3.82. The van der Waals surface area contributed by atoms with E-state index < -0.39 is 41.7 Å². The van der Waals surface area contributed by atoms with Gasteiger partial charge in [0.15, 0.2) is 4.90 Å². The Hall–Kier alpha value is -1.06. The zero-order chi connectivity index (χ0) is 13.4. The Morgan fingerprint density at radius 3 is 2.35 bits per heavy atom. The highest BCUT2D eigenvalue weighted by Gasteiger charge is 2.35. The lowest BCUT2D eigenvalue weighted by Crippen LogP contribution is -2.07. The first-order valence-electron chi connectivity index (χ1n) is 3.72. The summed E-state index contributed by atoms with van der Waals surface area (Å²) in [5.74, 6) is 0. The fraction of sp³-hybridized carbons (Fsp3) is 0.167. The number of nitro groups is 1. The summed E-state index contributed by atoms with van der Waals surface area (Å²) in [7, 11) is 0.0917. The first kappa shape index (κ1) is 14.0. The molecule has 0 spiro atoms. The molecule has 11 heteroatoms. The Morgan fingerprint density at radius 2 is 2.00 bits per heavy atom. The maximum absolute atomic E-state index is 12.5. The third-order valence-corrected chi connectivity index (χ3v) is 3.25. The third-order valence-electron chi connectivity index (χ3n) is 1.62. The van der Waals surface area contributed by atoms with Crippen LogP contribution in [0.3, 0.4) is 0 Å². The summed E-state index contributed by atoms with van der Waals surface area (Å²) in [6, 6.07) is 0. The zero-order valence-corrected chi connectivity index (χ0v) is 9.93. The van der Waals surface area contributed by atoms with E-state index in [2.05, 4.69) is 4.98 Å². The van der Waals surface area contributed by atoms with Crippen molar-refractivity contribution in [3.05, 3.63) is 27.0 Å². The molecule has 0 fully saturated rings. The average Bonchev–Trinajstić information content (AvgIpc) is 2.14. The smallest absolute Gasteiger partial charge is 0.258 e. The van der Waals surface area contributed by atoms with Crippen molar-refractivity contribution in [1.82, 2.24) is 4.98 Å². The van der Waals surface area contributed by atoms with Crippen LogP contribution in [0.4, 0.5) is 14.5 Å². The predicted octanol–water partition coefficient (Wildman–Crippen LogP) is 2.51. The summed E-state index contributed by atoms with van der Waals surface area (Å²) >= 11 is 5.33. The molecule has 0 aliphatic carbocycles. The van der Waals surface area contributed by atoms with Crippen molar-refractivity contribution in [1.29, 1.82) is 0 Å². The van der Waals surface area contributed by atoms with E-state index in [1.54, 1.807) is 0 Å². The van der Waals surface area contributed by atoms with Crippen molar-refractivity contribution >= 4 is 37.0 Å². The van der Waals surface area contributed by atoms with Crippen molar-refractivity contribution in [3.8, 4) is 0 Å². The van der Waals surface area contributed by atoms with Crippen LogP contribution >= 0.6 is 22.3 Å². The molecule has 0 saturated carbocycles. The maximum atomic E-state index is 12.5. The van der Waals surface area contributed by atoms with Crippen LogP contribution in [0.5, 0.6) is 0 Å². The van der Waals surface area contributed by atoms with Crippen LogP contribution in [0.1, 0.15) is 12.1 Å². The minimum Gasteiger partial charge on any atom is -0.258 e. The number of alkyl halides is 2. The molecule has 0 radical (unpaired) electrons. The first-order valence-corrected chi connectivity index (χ1v) is 6.40. The highest BCUT2D eigenvalue weighted by molar-refractivity contribution is 8.13. The average molecular weight is 307 g/mol. The van der Waals surface area contributed by atoms with Gasteiger partial charge in [-0.25, -0.2) is 17.2 Å². The van der Waals surface area contributed by atoms with E-state index in [0.29, 0.717) is 6.20 Å². The van der Waals surface area contributed by atoms with E-state index in [0.717, 1.165) is 0 Å². The molecule has 0 aromatic carbocycles. The Bertz CT molecular complexity index is 578. The first-order chi connectivity index (χ1) is 7.66.